The Kier molecular flexibility index (Phi) is 5.46. The van der Waals surface area contributed by atoms with E-state index < -0.39 is 24.5 Å². The smallest absolute Gasteiger partial charge is 0.321 e. The second kappa shape index (κ2) is 8.34. The maximum absolute atomic E-state index is 12.2. The van der Waals surface area contributed by atoms with Crippen LogP contribution in [0.5, 0.6) is 0 Å². The number of nitrogens with one attached hydrogen (secondary N) is 2. The highest BCUT2D eigenvalue weighted by molar-refractivity contribution is 6.08. The van der Waals surface area contributed by atoms with Gasteiger partial charge in [-0.3, -0.25) is 14.9 Å². The van der Waals surface area contributed by atoms with E-state index in [9.17, 15) is 14.4 Å². The topological polar surface area (TPSA) is 97.6 Å². The highest BCUT2D eigenvalue weighted by Gasteiger charge is 2.19. The van der Waals surface area contributed by atoms with Crippen LogP contribution in [-0.2, 0) is 20.7 Å². The van der Waals surface area contributed by atoms with Crippen LogP contribution in [0.3, 0.4) is 0 Å². The summed E-state index contributed by atoms with van der Waals surface area (Å²) < 4.78 is 10.6. The van der Waals surface area contributed by atoms with Crippen molar-refractivity contribution in [2.45, 2.75) is 38.1 Å². The molecule has 2 N–H and O–H groups in total. The molecule has 150 valence electrons. The minimum atomic E-state index is -0.656. The molecule has 0 aliphatic heterocycles. The van der Waals surface area contributed by atoms with Gasteiger partial charge in [0.1, 0.15) is 5.58 Å². The van der Waals surface area contributed by atoms with Crippen LogP contribution in [-0.4, -0.2) is 30.6 Å². The van der Waals surface area contributed by atoms with Crippen LogP contribution in [0.15, 0.2) is 47.1 Å². The Morgan fingerprint density at radius 3 is 2.69 bits per heavy atom. The highest BCUT2D eigenvalue weighted by Crippen LogP contribution is 2.30. The van der Waals surface area contributed by atoms with Gasteiger partial charge in [-0.2, -0.15) is 0 Å². The summed E-state index contributed by atoms with van der Waals surface area (Å²) in [6.45, 7) is -0.506. The number of furan rings is 1. The molecule has 7 heteroatoms. The quantitative estimate of drug-likeness (QED) is 0.646. The molecule has 1 aromatic heterocycles. The number of carbonyl (C=O) groups is 3. The molecular weight excluding hydrogens is 372 g/mol. The standard InChI is InChI=1S/C22H22N2O5/c25-19(24-22(27)23-16-6-2-3-7-16)13-29-20(26)11-15-12-28-18-10-9-14-5-1-4-8-17(14)21(15)18/h1,4-5,8-10,12,16H,2-3,6-7,11,13H2,(H2,23,24,25,27). The Morgan fingerprint density at radius 2 is 1.86 bits per heavy atom. The summed E-state index contributed by atoms with van der Waals surface area (Å²) in [4.78, 5) is 35.9. The predicted molar refractivity (Wildman–Crippen MR) is 107 cm³/mol. The third-order valence-electron chi connectivity index (χ3n) is 5.18. The fourth-order valence-electron chi connectivity index (χ4n) is 3.81. The van der Waals surface area contributed by atoms with Gasteiger partial charge in [-0.1, -0.05) is 43.2 Å². The van der Waals surface area contributed by atoms with Crippen molar-refractivity contribution in [2.24, 2.45) is 0 Å². The van der Waals surface area contributed by atoms with Crippen molar-refractivity contribution in [3.05, 3.63) is 48.2 Å². The van der Waals surface area contributed by atoms with Gasteiger partial charge in [-0.15, -0.1) is 0 Å². The number of imide groups is 1. The van der Waals surface area contributed by atoms with Crippen molar-refractivity contribution in [1.29, 1.82) is 0 Å². The van der Waals surface area contributed by atoms with Crippen LogP contribution in [0.4, 0.5) is 4.79 Å². The Labute approximate surface area is 167 Å². The Morgan fingerprint density at radius 1 is 1.07 bits per heavy atom. The first kappa shape index (κ1) is 19.0. The van der Waals surface area contributed by atoms with E-state index >= 15 is 0 Å². The van der Waals surface area contributed by atoms with Gasteiger partial charge in [0.05, 0.1) is 12.7 Å². The molecule has 4 rings (SSSR count). The lowest BCUT2D eigenvalue weighted by atomic mass is 10.0. The maximum atomic E-state index is 12.2. The Hall–Kier alpha value is -3.35. The molecule has 3 amide bonds. The number of hydrogen-bond acceptors (Lipinski definition) is 5. The fourth-order valence-corrected chi connectivity index (χ4v) is 3.81. The second-order valence-corrected chi connectivity index (χ2v) is 7.26. The maximum Gasteiger partial charge on any atom is 0.321 e. The molecule has 0 bridgehead atoms. The SMILES string of the molecule is O=C(COC(=O)Cc1coc2ccc3ccccc3c12)NC(=O)NC1CCCC1. The molecule has 3 aromatic rings. The first-order valence-electron chi connectivity index (χ1n) is 9.74. The van der Waals surface area contributed by atoms with E-state index in [4.69, 9.17) is 9.15 Å². The zero-order valence-corrected chi connectivity index (χ0v) is 15.9. The molecule has 0 unspecified atom stereocenters. The van der Waals surface area contributed by atoms with E-state index in [1.165, 1.54) is 6.26 Å². The Bertz CT molecular complexity index is 1070. The summed E-state index contributed by atoms with van der Waals surface area (Å²) in [5, 5.41) is 7.83. The number of ether oxygens (including phenoxy) is 1. The van der Waals surface area contributed by atoms with Crippen molar-refractivity contribution >= 4 is 39.6 Å². The molecule has 1 aliphatic rings. The molecule has 7 nitrogen and oxygen atoms in total. The van der Waals surface area contributed by atoms with Gasteiger partial charge in [-0.05, 0) is 29.7 Å². The van der Waals surface area contributed by atoms with Gasteiger partial charge in [0.2, 0.25) is 0 Å². The molecule has 0 radical (unpaired) electrons. The minimum absolute atomic E-state index is 0.0252. The van der Waals surface area contributed by atoms with Gasteiger partial charge in [0.15, 0.2) is 6.61 Å². The van der Waals surface area contributed by atoms with E-state index in [0.717, 1.165) is 41.8 Å². The zero-order valence-electron chi connectivity index (χ0n) is 15.9. The van der Waals surface area contributed by atoms with E-state index in [0.29, 0.717) is 11.1 Å². The zero-order chi connectivity index (χ0) is 20.2. The van der Waals surface area contributed by atoms with Crippen molar-refractivity contribution in [3.63, 3.8) is 0 Å². The van der Waals surface area contributed by atoms with E-state index in [1.807, 2.05) is 36.4 Å². The number of rotatable bonds is 5. The number of fused-ring (bicyclic) bond motifs is 3. The largest absolute Gasteiger partial charge is 0.464 e. The molecule has 0 saturated heterocycles. The van der Waals surface area contributed by atoms with Crippen molar-refractivity contribution in [3.8, 4) is 0 Å². The average Bonchev–Trinajstić information content (AvgIpc) is 3.36. The molecule has 1 aliphatic carbocycles. The Balaban J connectivity index is 1.33. The number of esters is 1. The van der Waals surface area contributed by atoms with Crippen LogP contribution in [0, 0.1) is 0 Å². The van der Waals surface area contributed by atoms with Crippen LogP contribution in [0.1, 0.15) is 31.2 Å². The van der Waals surface area contributed by atoms with E-state index in [1.54, 1.807) is 0 Å². The van der Waals surface area contributed by atoms with Crippen molar-refractivity contribution in [1.82, 2.24) is 10.6 Å². The fraction of sp³-hybridized carbons (Fsp3) is 0.318. The number of urea groups is 1. The lowest BCUT2D eigenvalue weighted by molar-refractivity contribution is -0.147. The summed E-state index contributed by atoms with van der Waals surface area (Å²) >= 11 is 0. The molecule has 1 heterocycles. The van der Waals surface area contributed by atoms with Crippen LogP contribution >= 0.6 is 0 Å². The monoisotopic (exact) mass is 394 g/mol. The highest BCUT2D eigenvalue weighted by atomic mass is 16.5. The minimum Gasteiger partial charge on any atom is -0.464 e. The third-order valence-corrected chi connectivity index (χ3v) is 5.18. The van der Waals surface area contributed by atoms with Gasteiger partial charge in [0, 0.05) is 17.0 Å². The first-order chi connectivity index (χ1) is 14.1. The molecule has 0 spiro atoms. The first-order valence-corrected chi connectivity index (χ1v) is 9.74. The van der Waals surface area contributed by atoms with Crippen LogP contribution in [0.25, 0.3) is 21.7 Å². The lowest BCUT2D eigenvalue weighted by Gasteiger charge is -2.12. The molecule has 1 saturated carbocycles. The van der Waals surface area contributed by atoms with Gasteiger partial charge < -0.3 is 14.5 Å². The number of hydrogen-bond donors (Lipinski definition) is 2. The predicted octanol–water partition coefficient (Wildman–Crippen LogP) is 3.44. The third kappa shape index (κ3) is 4.39. The summed E-state index contributed by atoms with van der Waals surface area (Å²) in [5.41, 5.74) is 1.38. The van der Waals surface area contributed by atoms with Crippen LogP contribution < -0.4 is 10.6 Å². The molecule has 0 atom stereocenters. The van der Waals surface area contributed by atoms with E-state index in [-0.39, 0.29) is 12.5 Å². The lowest BCUT2D eigenvalue weighted by Crippen LogP contribution is -2.45. The van der Waals surface area contributed by atoms with Gasteiger partial charge in [0.25, 0.3) is 5.91 Å². The molecule has 1 fully saturated rings. The number of benzene rings is 2. The average molecular weight is 394 g/mol. The molecule has 2 aromatic carbocycles. The summed E-state index contributed by atoms with van der Waals surface area (Å²) in [6.07, 6.45) is 5.51. The van der Waals surface area contributed by atoms with Gasteiger partial charge >= 0.3 is 12.0 Å². The summed E-state index contributed by atoms with van der Waals surface area (Å²) in [5.74, 6) is -1.22. The van der Waals surface area contributed by atoms with Crippen LogP contribution in [0.2, 0.25) is 0 Å². The normalized spacial score (nSPS) is 14.2. The summed E-state index contributed by atoms with van der Waals surface area (Å²) in [6, 6.07) is 11.2. The van der Waals surface area contributed by atoms with E-state index in [2.05, 4.69) is 10.6 Å². The van der Waals surface area contributed by atoms with Crippen molar-refractivity contribution in [2.75, 3.05) is 6.61 Å². The number of carbonyl (C=O) groups excluding carboxylic acids is 3. The molecular formula is C22H22N2O5. The van der Waals surface area contributed by atoms with Crippen molar-refractivity contribution < 1.29 is 23.5 Å². The molecule has 29 heavy (non-hydrogen) atoms. The van der Waals surface area contributed by atoms with Gasteiger partial charge in [-0.25, -0.2) is 4.79 Å². The number of amides is 3. The second-order valence-electron chi connectivity index (χ2n) is 7.26. The summed E-state index contributed by atoms with van der Waals surface area (Å²) in [7, 11) is 0.